The van der Waals surface area contributed by atoms with Crippen molar-refractivity contribution in [2.75, 3.05) is 18.0 Å². The van der Waals surface area contributed by atoms with Crippen molar-refractivity contribution in [2.45, 2.75) is 13.3 Å². The van der Waals surface area contributed by atoms with Crippen LogP contribution in [0.4, 0.5) is 5.82 Å². The van der Waals surface area contributed by atoms with E-state index in [4.69, 9.17) is 5.26 Å². The van der Waals surface area contributed by atoms with Gasteiger partial charge in [0, 0.05) is 25.5 Å². The van der Waals surface area contributed by atoms with Crippen LogP contribution in [0.5, 0.6) is 0 Å². The van der Waals surface area contributed by atoms with Crippen molar-refractivity contribution < 1.29 is 0 Å². The first-order valence-electron chi connectivity index (χ1n) is 4.26. The van der Waals surface area contributed by atoms with Gasteiger partial charge in [-0.25, -0.2) is 4.98 Å². The van der Waals surface area contributed by atoms with E-state index in [2.05, 4.69) is 16.0 Å². The molecule has 0 aromatic carbocycles. The van der Waals surface area contributed by atoms with E-state index in [1.807, 2.05) is 11.8 Å². The smallest absolute Gasteiger partial charge is 0.147 e. The van der Waals surface area contributed by atoms with Crippen molar-refractivity contribution >= 4 is 5.82 Å². The van der Waals surface area contributed by atoms with Crippen LogP contribution in [0, 0.1) is 11.3 Å². The lowest BCUT2D eigenvalue weighted by atomic mass is 10.4. The summed E-state index contributed by atoms with van der Waals surface area (Å²) in [7, 11) is 0. The predicted molar refractivity (Wildman–Crippen MR) is 50.1 cm³/mol. The molecule has 1 aromatic rings. The Morgan fingerprint density at radius 1 is 1.54 bits per heavy atom. The molecule has 0 spiro atoms. The highest BCUT2D eigenvalue weighted by molar-refractivity contribution is 5.34. The van der Waals surface area contributed by atoms with Gasteiger partial charge in [-0.15, -0.1) is 0 Å². The molecule has 1 heterocycles. The SMILES string of the molecule is CCN(CCC#N)c1cnccn1. The first-order valence-corrected chi connectivity index (χ1v) is 4.26. The van der Waals surface area contributed by atoms with E-state index in [0.29, 0.717) is 13.0 Å². The van der Waals surface area contributed by atoms with Gasteiger partial charge in [0.1, 0.15) is 5.82 Å². The molecule has 4 heteroatoms. The Balaban J connectivity index is 2.63. The van der Waals surface area contributed by atoms with Gasteiger partial charge < -0.3 is 4.90 Å². The molecule has 4 nitrogen and oxygen atoms in total. The van der Waals surface area contributed by atoms with Gasteiger partial charge in [-0.2, -0.15) is 5.26 Å². The van der Waals surface area contributed by atoms with Crippen molar-refractivity contribution in [1.29, 1.82) is 5.26 Å². The highest BCUT2D eigenvalue weighted by atomic mass is 15.2. The van der Waals surface area contributed by atoms with Crippen molar-refractivity contribution in [3.8, 4) is 6.07 Å². The number of aromatic nitrogens is 2. The summed E-state index contributed by atoms with van der Waals surface area (Å²) in [5.74, 6) is 0.834. The van der Waals surface area contributed by atoms with Gasteiger partial charge >= 0.3 is 0 Å². The van der Waals surface area contributed by atoms with Gasteiger partial charge in [0.25, 0.3) is 0 Å². The van der Waals surface area contributed by atoms with Gasteiger partial charge in [0.15, 0.2) is 0 Å². The summed E-state index contributed by atoms with van der Waals surface area (Å²) in [5.41, 5.74) is 0. The summed E-state index contributed by atoms with van der Waals surface area (Å²) < 4.78 is 0. The highest BCUT2D eigenvalue weighted by Gasteiger charge is 2.03. The lowest BCUT2D eigenvalue weighted by Crippen LogP contribution is -2.24. The molecule has 0 radical (unpaired) electrons. The minimum absolute atomic E-state index is 0.518. The number of hydrogen-bond donors (Lipinski definition) is 0. The monoisotopic (exact) mass is 176 g/mol. The zero-order chi connectivity index (χ0) is 9.52. The van der Waals surface area contributed by atoms with Gasteiger partial charge in [0.05, 0.1) is 18.7 Å². The summed E-state index contributed by atoms with van der Waals surface area (Å²) in [4.78, 5) is 10.2. The number of anilines is 1. The molecule has 0 saturated carbocycles. The first-order chi connectivity index (χ1) is 6.38. The van der Waals surface area contributed by atoms with Crippen molar-refractivity contribution in [3.63, 3.8) is 0 Å². The Labute approximate surface area is 77.8 Å². The molecule has 0 fully saturated rings. The first kappa shape index (κ1) is 9.46. The second-order valence-corrected chi connectivity index (χ2v) is 2.55. The van der Waals surface area contributed by atoms with Crippen molar-refractivity contribution in [1.82, 2.24) is 9.97 Å². The zero-order valence-corrected chi connectivity index (χ0v) is 7.64. The van der Waals surface area contributed by atoms with Gasteiger partial charge in [0.2, 0.25) is 0 Å². The maximum absolute atomic E-state index is 8.44. The van der Waals surface area contributed by atoms with Gasteiger partial charge in [-0.1, -0.05) is 0 Å². The Hall–Kier alpha value is -1.63. The third kappa shape index (κ3) is 2.71. The topological polar surface area (TPSA) is 52.8 Å². The molecule has 0 atom stereocenters. The van der Waals surface area contributed by atoms with Gasteiger partial charge in [-0.3, -0.25) is 4.98 Å². The van der Waals surface area contributed by atoms with Crippen LogP contribution in [0.3, 0.4) is 0 Å². The molecule has 0 saturated heterocycles. The summed E-state index contributed by atoms with van der Waals surface area (Å²) in [5, 5.41) is 8.44. The molecule has 0 aliphatic carbocycles. The van der Waals surface area contributed by atoms with Crippen LogP contribution in [0.15, 0.2) is 18.6 Å². The number of rotatable bonds is 4. The van der Waals surface area contributed by atoms with E-state index >= 15 is 0 Å². The summed E-state index contributed by atoms with van der Waals surface area (Å²) >= 11 is 0. The quantitative estimate of drug-likeness (QED) is 0.692. The molecule has 1 rings (SSSR count). The minimum atomic E-state index is 0.518. The zero-order valence-electron chi connectivity index (χ0n) is 7.64. The molecule has 68 valence electrons. The van der Waals surface area contributed by atoms with Gasteiger partial charge in [-0.05, 0) is 6.92 Å². The molecular weight excluding hydrogens is 164 g/mol. The molecule has 13 heavy (non-hydrogen) atoms. The summed E-state index contributed by atoms with van der Waals surface area (Å²) in [6.07, 6.45) is 5.53. The third-order valence-electron chi connectivity index (χ3n) is 1.75. The lowest BCUT2D eigenvalue weighted by molar-refractivity contribution is 0.806. The van der Waals surface area contributed by atoms with E-state index in [-0.39, 0.29) is 0 Å². The van der Waals surface area contributed by atoms with Crippen LogP contribution in [-0.2, 0) is 0 Å². The summed E-state index contributed by atoms with van der Waals surface area (Å²) in [6, 6.07) is 2.11. The van der Waals surface area contributed by atoms with Crippen LogP contribution in [0.1, 0.15) is 13.3 Å². The minimum Gasteiger partial charge on any atom is -0.355 e. The highest BCUT2D eigenvalue weighted by Crippen LogP contribution is 2.06. The summed E-state index contributed by atoms with van der Waals surface area (Å²) in [6.45, 7) is 3.60. The van der Waals surface area contributed by atoms with Crippen LogP contribution in [-0.4, -0.2) is 23.1 Å². The normalized spacial score (nSPS) is 9.23. The maximum atomic E-state index is 8.44. The Bertz CT molecular complexity index is 277. The van der Waals surface area contributed by atoms with Crippen LogP contribution in [0.2, 0.25) is 0 Å². The van der Waals surface area contributed by atoms with E-state index in [0.717, 1.165) is 12.4 Å². The largest absolute Gasteiger partial charge is 0.355 e. The maximum Gasteiger partial charge on any atom is 0.147 e. The van der Waals surface area contributed by atoms with E-state index in [1.165, 1.54) is 0 Å². The standard InChI is InChI=1S/C9H12N4/c1-2-13(7-3-4-10)9-8-11-5-6-12-9/h5-6,8H,2-3,7H2,1H3. The second-order valence-electron chi connectivity index (χ2n) is 2.55. The van der Waals surface area contributed by atoms with Crippen molar-refractivity contribution in [2.24, 2.45) is 0 Å². The molecule has 0 aliphatic heterocycles. The second kappa shape index (κ2) is 5.09. The fraction of sp³-hybridized carbons (Fsp3) is 0.444. The molecule has 0 N–H and O–H groups in total. The van der Waals surface area contributed by atoms with E-state index in [1.54, 1.807) is 18.6 Å². The lowest BCUT2D eigenvalue weighted by Gasteiger charge is -2.19. The van der Waals surface area contributed by atoms with Crippen LogP contribution < -0.4 is 4.90 Å². The van der Waals surface area contributed by atoms with Crippen molar-refractivity contribution in [3.05, 3.63) is 18.6 Å². The van der Waals surface area contributed by atoms with E-state index < -0.39 is 0 Å². The van der Waals surface area contributed by atoms with E-state index in [9.17, 15) is 0 Å². The predicted octanol–water partition coefficient (Wildman–Crippen LogP) is 1.22. The average Bonchev–Trinajstić information content (AvgIpc) is 2.21. The number of nitrogens with zero attached hydrogens (tertiary/aromatic N) is 4. The molecular formula is C9H12N4. The third-order valence-corrected chi connectivity index (χ3v) is 1.75. The molecule has 1 aromatic heterocycles. The number of nitriles is 1. The average molecular weight is 176 g/mol. The molecule has 0 amide bonds. The number of hydrogen-bond acceptors (Lipinski definition) is 4. The molecule has 0 aliphatic rings. The Morgan fingerprint density at radius 2 is 2.38 bits per heavy atom. The Morgan fingerprint density at radius 3 is 2.92 bits per heavy atom. The molecule has 0 bridgehead atoms. The van der Waals surface area contributed by atoms with Crippen LogP contribution in [0.25, 0.3) is 0 Å². The fourth-order valence-electron chi connectivity index (χ4n) is 1.07. The molecule has 0 unspecified atom stereocenters. The van der Waals surface area contributed by atoms with Crippen LogP contribution >= 0.6 is 0 Å². The fourth-order valence-corrected chi connectivity index (χ4v) is 1.07. The Kier molecular flexibility index (Phi) is 3.71.